The number of terminal acetylenes is 1. The van der Waals surface area contributed by atoms with Crippen LogP contribution in [0.1, 0.15) is 87.3 Å². The van der Waals surface area contributed by atoms with Crippen LogP contribution in [0, 0.1) is 12.3 Å². The highest BCUT2D eigenvalue weighted by molar-refractivity contribution is 6.19. The molecule has 0 aliphatic rings. The number of allylic oxidation sites excluding steroid dienone is 10. The number of alkyl halides is 1. The van der Waals surface area contributed by atoms with Gasteiger partial charge in [0.2, 0.25) is 5.91 Å². The van der Waals surface area contributed by atoms with Crippen molar-refractivity contribution in [3.05, 3.63) is 101 Å². The predicted octanol–water partition coefficient (Wildman–Crippen LogP) is 7.04. The molecule has 0 fully saturated rings. The van der Waals surface area contributed by atoms with E-state index < -0.39 is 12.1 Å². The van der Waals surface area contributed by atoms with Crippen LogP contribution in [0.2, 0.25) is 0 Å². The highest BCUT2D eigenvalue weighted by Crippen LogP contribution is 2.16. The van der Waals surface area contributed by atoms with E-state index in [9.17, 15) is 4.79 Å². The van der Waals surface area contributed by atoms with E-state index in [1.165, 1.54) is 0 Å². The van der Waals surface area contributed by atoms with Crippen molar-refractivity contribution in [2.45, 2.75) is 100 Å². The lowest BCUT2D eigenvalue weighted by atomic mass is 10.0. The lowest BCUT2D eigenvalue weighted by Crippen LogP contribution is -2.51. The van der Waals surface area contributed by atoms with Crippen LogP contribution in [0.4, 0.5) is 0 Å². The topological polar surface area (TPSA) is 145 Å². The van der Waals surface area contributed by atoms with Crippen molar-refractivity contribution in [1.29, 1.82) is 0 Å². The lowest BCUT2D eigenvalue weighted by Gasteiger charge is -2.21. The summed E-state index contributed by atoms with van der Waals surface area (Å²) in [6, 6.07) is 2.48. The van der Waals surface area contributed by atoms with Crippen LogP contribution in [-0.2, 0) is 16.1 Å². The first-order valence-corrected chi connectivity index (χ1v) is 18.0. The maximum atomic E-state index is 13.4. The number of halogens is 1. The first kappa shape index (κ1) is 48.7. The molecule has 2 unspecified atom stereocenters. The second-order valence-electron chi connectivity index (χ2n) is 10.7. The van der Waals surface area contributed by atoms with Gasteiger partial charge < -0.3 is 21.3 Å². The Morgan fingerprint density at radius 2 is 1.88 bits per heavy atom. The summed E-state index contributed by atoms with van der Waals surface area (Å²) in [5.41, 5.74) is 8.23. The number of carbonyl (C=O) groups is 1. The Morgan fingerprint density at radius 1 is 1.20 bits per heavy atom. The number of aryl methyl sites for hydroxylation is 1. The number of carbonyl (C=O) groups excluding carboxylic acids is 1. The molecule has 0 saturated carbocycles. The van der Waals surface area contributed by atoms with Gasteiger partial charge in [-0.2, -0.15) is 10.2 Å². The number of hydrazone groups is 1. The van der Waals surface area contributed by atoms with Crippen molar-refractivity contribution in [3.8, 4) is 12.3 Å². The van der Waals surface area contributed by atoms with E-state index in [0.29, 0.717) is 37.5 Å². The Labute approximate surface area is 312 Å². The molecule has 0 saturated heterocycles. The highest BCUT2D eigenvalue weighted by atomic mass is 35.5. The number of amidine groups is 1. The Morgan fingerprint density at radius 3 is 2.41 bits per heavy atom. The molecule has 10 nitrogen and oxygen atoms in total. The van der Waals surface area contributed by atoms with Gasteiger partial charge in [-0.3, -0.25) is 9.79 Å². The van der Waals surface area contributed by atoms with Crippen LogP contribution in [-0.4, -0.2) is 52.7 Å². The second-order valence-corrected chi connectivity index (χ2v) is 10.9. The number of nitrogens with zero attached hydrogens (tertiary/aromatic N) is 4. The van der Waals surface area contributed by atoms with E-state index in [1.54, 1.807) is 24.6 Å². The van der Waals surface area contributed by atoms with Crippen molar-refractivity contribution < 1.29 is 9.53 Å². The summed E-state index contributed by atoms with van der Waals surface area (Å²) >= 11 is 6.03. The Balaban J connectivity index is 0. The molecule has 0 radical (unpaired) electrons. The number of hydrogen-bond donors (Lipinski definition) is 4. The number of ether oxygens (including phenoxy) is 1. The lowest BCUT2D eigenvalue weighted by molar-refractivity contribution is -0.122. The number of aromatic nitrogens is 2. The fraction of sp³-hybridized carbons (Fsp3) is 0.450. The first-order chi connectivity index (χ1) is 24.6. The van der Waals surface area contributed by atoms with Crippen LogP contribution < -0.4 is 27.9 Å². The normalized spacial score (nSPS) is 14.2. The number of nitrogens with two attached hydrogens (primary N) is 2. The van der Waals surface area contributed by atoms with Gasteiger partial charge in [0.1, 0.15) is 11.5 Å². The molecule has 1 heterocycles. The number of amides is 1. The van der Waals surface area contributed by atoms with Gasteiger partial charge in [0.25, 0.3) is 0 Å². The van der Waals surface area contributed by atoms with Crippen molar-refractivity contribution in [1.82, 2.24) is 20.5 Å². The summed E-state index contributed by atoms with van der Waals surface area (Å²) in [5, 5.41) is 11.6. The zero-order chi connectivity index (χ0) is 39.0. The van der Waals surface area contributed by atoms with Crippen molar-refractivity contribution in [2.75, 3.05) is 19.1 Å². The van der Waals surface area contributed by atoms with E-state index in [2.05, 4.69) is 65.8 Å². The largest absolute Gasteiger partial charge is 0.373 e. The molecule has 1 aromatic heterocycles. The summed E-state index contributed by atoms with van der Waals surface area (Å²) in [6.07, 6.45) is 24.1. The molecule has 0 aromatic carbocycles. The molecule has 11 heteroatoms. The fourth-order valence-electron chi connectivity index (χ4n) is 4.17. The second kappa shape index (κ2) is 31.5. The van der Waals surface area contributed by atoms with E-state index >= 15 is 0 Å². The van der Waals surface area contributed by atoms with E-state index in [-0.39, 0.29) is 11.7 Å². The Kier molecular flexibility index (Phi) is 30.1. The summed E-state index contributed by atoms with van der Waals surface area (Å²) < 4.78 is 7.52. The monoisotopic (exact) mass is 722 g/mol. The number of nitrogens with one attached hydrogen (secondary N) is 2. The predicted molar refractivity (Wildman–Crippen MR) is 218 cm³/mol. The van der Waals surface area contributed by atoms with Crippen LogP contribution in [0.3, 0.4) is 0 Å². The molecule has 0 spiro atoms. The van der Waals surface area contributed by atoms with Gasteiger partial charge >= 0.3 is 0 Å². The minimum absolute atomic E-state index is 0.237. The van der Waals surface area contributed by atoms with Crippen LogP contribution >= 0.6 is 11.6 Å². The van der Waals surface area contributed by atoms with Crippen LogP contribution in [0.25, 0.3) is 5.57 Å². The first-order valence-electron chi connectivity index (χ1n) is 17.5. The molecule has 1 amide bonds. The minimum atomic E-state index is -0.722. The maximum Gasteiger partial charge on any atom is 0.245 e. The van der Waals surface area contributed by atoms with Gasteiger partial charge in [-0.25, -0.2) is 10.5 Å². The molecule has 1 rings (SSSR count). The fourth-order valence-corrected chi connectivity index (χ4v) is 4.45. The van der Waals surface area contributed by atoms with Crippen LogP contribution in [0.5, 0.6) is 0 Å². The van der Waals surface area contributed by atoms with Gasteiger partial charge in [-0.1, -0.05) is 100 Å². The molecule has 6 N–H and O–H groups in total. The molecule has 51 heavy (non-hydrogen) atoms. The average Bonchev–Trinajstić information content (AvgIpc) is 3.14. The molecular formula is C40H63ClN8O2. The maximum absolute atomic E-state index is 13.4. The van der Waals surface area contributed by atoms with Gasteiger partial charge in [0.15, 0.2) is 5.84 Å². The third kappa shape index (κ3) is 20.7. The zero-order valence-electron chi connectivity index (χ0n) is 32.4. The molecule has 0 aliphatic heterocycles. The number of hydrazine groups is 1. The smallest absolute Gasteiger partial charge is 0.245 e. The molecule has 282 valence electrons. The van der Waals surface area contributed by atoms with E-state index in [0.717, 1.165) is 40.8 Å². The Hall–Kier alpha value is -4.43. The standard InChI is InChI=1S/C35H53ClN8O2.C3H4.C2H6/c1-8-13-14-16-26(6)25-46-22-15-17-28(9-2)23-32(34(41-37)42-38)40-35(45)27(7)39-33-21-20-31(43-44(33)12-5)30(11-4)19-18-29(10-3)24-36;1-3-2;1-2/h8-9,13-21,27,32H,1,10-12,22-25,37-38H2,2-7H3,(H,40,45)(H,41,42);1H,2H3;1-2H3/b14-13-,17-15-,26-16+,28-9+,29-18+,30-19+,39-33?;;. The van der Waals surface area contributed by atoms with Crippen molar-refractivity contribution >= 4 is 28.9 Å². The number of hydrogen-bond acceptors (Lipinski definition) is 7. The summed E-state index contributed by atoms with van der Waals surface area (Å²) in [7, 11) is 0. The molecule has 0 aliphatic carbocycles. The molecular weight excluding hydrogens is 660 g/mol. The zero-order valence-corrected chi connectivity index (χ0v) is 33.1. The van der Waals surface area contributed by atoms with Crippen molar-refractivity contribution in [2.24, 2.45) is 21.8 Å². The SMILES string of the molecule is C#CC.C=C/C=C\C=C(/C)COC/C=C\C(=C/C)CC(NC(=O)C(C)N=c1ccc(/C(=C/C=C(\CC)CCl)CC)nn1CC)/C(=N/N)NN.CC. The summed E-state index contributed by atoms with van der Waals surface area (Å²) in [6.45, 7) is 22.6. The third-order valence-electron chi connectivity index (χ3n) is 6.99. The Bertz CT molecular complexity index is 1480. The molecule has 0 bridgehead atoms. The number of rotatable bonds is 19. The van der Waals surface area contributed by atoms with Crippen molar-refractivity contribution in [3.63, 3.8) is 0 Å². The van der Waals surface area contributed by atoms with E-state index in [4.69, 9.17) is 33.1 Å². The van der Waals surface area contributed by atoms with Gasteiger partial charge in [0, 0.05) is 12.4 Å². The van der Waals surface area contributed by atoms with Gasteiger partial charge in [0.05, 0.1) is 24.9 Å². The highest BCUT2D eigenvalue weighted by Gasteiger charge is 2.22. The minimum Gasteiger partial charge on any atom is -0.373 e. The quantitative estimate of drug-likeness (QED) is 0.0176. The summed E-state index contributed by atoms with van der Waals surface area (Å²) in [4.78, 5) is 18.0. The molecule has 1 aromatic rings. The molecule has 2 atom stereocenters. The van der Waals surface area contributed by atoms with Gasteiger partial charge in [-0.15, -0.1) is 23.9 Å². The van der Waals surface area contributed by atoms with Gasteiger partial charge in [-0.05, 0) is 77.2 Å². The van der Waals surface area contributed by atoms with Crippen LogP contribution in [0.15, 0.2) is 100 Å². The summed E-state index contributed by atoms with van der Waals surface area (Å²) in [5.74, 6) is 14.0. The third-order valence-corrected chi connectivity index (χ3v) is 7.34. The average molecular weight is 723 g/mol. The van der Waals surface area contributed by atoms with E-state index in [1.807, 2.05) is 83.2 Å².